The Hall–Kier alpha value is -1.43. The summed E-state index contributed by atoms with van der Waals surface area (Å²) in [6.07, 6.45) is 3.34. The topological polar surface area (TPSA) is 70.5 Å². The zero-order valence-electron chi connectivity index (χ0n) is 9.27. The van der Waals surface area contributed by atoms with Crippen molar-refractivity contribution in [1.82, 2.24) is 9.88 Å². The maximum absolute atomic E-state index is 11.7. The fourth-order valence-corrected chi connectivity index (χ4v) is 2.22. The molecule has 88 valence electrons. The molecule has 1 heterocycles. The highest BCUT2D eigenvalue weighted by Gasteiger charge is 2.16. The maximum atomic E-state index is 11.7. The lowest BCUT2D eigenvalue weighted by atomic mass is 10.4. The van der Waals surface area contributed by atoms with E-state index < -0.39 is 5.97 Å². The summed E-state index contributed by atoms with van der Waals surface area (Å²) in [6.45, 7) is 1.75. The number of aromatic nitrogens is 1. The molecule has 0 atom stereocenters. The second-order valence-electron chi connectivity index (χ2n) is 3.42. The van der Waals surface area contributed by atoms with Crippen molar-refractivity contribution in [2.24, 2.45) is 0 Å². The molecule has 0 fully saturated rings. The van der Waals surface area contributed by atoms with Gasteiger partial charge in [-0.2, -0.15) is 0 Å². The summed E-state index contributed by atoms with van der Waals surface area (Å²) in [5.41, 5.74) is 0. The van der Waals surface area contributed by atoms with Crippen LogP contribution < -0.4 is 0 Å². The molecule has 6 heteroatoms. The zero-order valence-corrected chi connectivity index (χ0v) is 10.1. The quantitative estimate of drug-likeness (QED) is 0.843. The molecule has 0 bridgehead atoms. The van der Waals surface area contributed by atoms with E-state index in [0.717, 1.165) is 17.8 Å². The van der Waals surface area contributed by atoms with Gasteiger partial charge in [0.25, 0.3) is 5.91 Å². The number of thiazole rings is 1. The van der Waals surface area contributed by atoms with Gasteiger partial charge in [0.1, 0.15) is 11.4 Å². The zero-order chi connectivity index (χ0) is 12.1. The van der Waals surface area contributed by atoms with Crippen LogP contribution in [0.25, 0.3) is 0 Å². The van der Waals surface area contributed by atoms with Crippen molar-refractivity contribution in [2.45, 2.75) is 19.8 Å². The van der Waals surface area contributed by atoms with Gasteiger partial charge in [-0.25, -0.2) is 4.98 Å². The van der Waals surface area contributed by atoms with E-state index in [1.165, 1.54) is 29.5 Å². The Balaban J connectivity index is 2.68. The monoisotopic (exact) mass is 242 g/mol. The fraction of sp³-hybridized carbons (Fsp3) is 0.500. The number of rotatable bonds is 5. The number of carbonyl (C=O) groups excluding carboxylic acids is 1. The van der Waals surface area contributed by atoms with Crippen LogP contribution in [0.1, 0.15) is 28.0 Å². The number of hydrogen-bond donors (Lipinski definition) is 1. The molecule has 1 amide bonds. The van der Waals surface area contributed by atoms with E-state index in [0.29, 0.717) is 4.88 Å². The first-order valence-electron chi connectivity index (χ1n) is 4.96. The highest BCUT2D eigenvalue weighted by atomic mass is 32.1. The smallest absolute Gasteiger partial charge is 0.323 e. The SMILES string of the molecule is CCCc1ncc(C(=O)N(C)CC(=O)O)s1. The molecule has 0 aromatic carbocycles. The summed E-state index contributed by atoms with van der Waals surface area (Å²) in [4.78, 5) is 28.0. The van der Waals surface area contributed by atoms with Crippen molar-refractivity contribution >= 4 is 23.2 Å². The Morgan fingerprint density at radius 2 is 2.25 bits per heavy atom. The molecule has 1 N–H and O–H groups in total. The van der Waals surface area contributed by atoms with E-state index in [9.17, 15) is 9.59 Å². The van der Waals surface area contributed by atoms with Gasteiger partial charge in [0, 0.05) is 7.05 Å². The average molecular weight is 242 g/mol. The first kappa shape index (κ1) is 12.6. The molecule has 0 saturated carbocycles. The number of aliphatic carboxylic acids is 1. The van der Waals surface area contributed by atoms with Crippen molar-refractivity contribution in [1.29, 1.82) is 0 Å². The molecule has 0 aliphatic carbocycles. The Morgan fingerprint density at radius 3 is 2.81 bits per heavy atom. The molecule has 0 unspecified atom stereocenters. The third-order valence-corrected chi connectivity index (χ3v) is 2.99. The normalized spacial score (nSPS) is 10.1. The van der Waals surface area contributed by atoms with Crippen LogP contribution >= 0.6 is 11.3 Å². The summed E-state index contributed by atoms with van der Waals surface area (Å²) in [5, 5.41) is 9.47. The van der Waals surface area contributed by atoms with Crippen LogP contribution in [0.4, 0.5) is 0 Å². The molecule has 1 aromatic heterocycles. The molecule has 1 rings (SSSR count). The summed E-state index contributed by atoms with van der Waals surface area (Å²) >= 11 is 1.33. The molecule has 5 nitrogen and oxygen atoms in total. The van der Waals surface area contributed by atoms with E-state index in [4.69, 9.17) is 5.11 Å². The van der Waals surface area contributed by atoms with Crippen LogP contribution in [-0.2, 0) is 11.2 Å². The fourth-order valence-electron chi connectivity index (χ4n) is 1.20. The molecule has 0 spiro atoms. The number of likely N-dealkylation sites (N-methyl/N-ethyl adjacent to an activating group) is 1. The van der Waals surface area contributed by atoms with Gasteiger partial charge in [0.2, 0.25) is 0 Å². The van der Waals surface area contributed by atoms with E-state index in [-0.39, 0.29) is 12.5 Å². The van der Waals surface area contributed by atoms with Gasteiger partial charge < -0.3 is 10.0 Å². The highest BCUT2D eigenvalue weighted by Crippen LogP contribution is 2.16. The van der Waals surface area contributed by atoms with Crippen LogP contribution in [0.2, 0.25) is 0 Å². The Labute approximate surface area is 97.7 Å². The lowest BCUT2D eigenvalue weighted by Gasteiger charge is -2.12. The summed E-state index contributed by atoms with van der Waals surface area (Å²) in [7, 11) is 1.47. The minimum Gasteiger partial charge on any atom is -0.480 e. The van der Waals surface area contributed by atoms with Gasteiger partial charge in [-0.15, -0.1) is 11.3 Å². The molecular weight excluding hydrogens is 228 g/mol. The van der Waals surface area contributed by atoms with E-state index >= 15 is 0 Å². The van der Waals surface area contributed by atoms with Gasteiger partial charge in [-0.3, -0.25) is 9.59 Å². The van der Waals surface area contributed by atoms with Crippen molar-refractivity contribution in [3.63, 3.8) is 0 Å². The second kappa shape index (κ2) is 5.60. The third kappa shape index (κ3) is 3.30. The maximum Gasteiger partial charge on any atom is 0.323 e. The molecular formula is C10H14N2O3S. The van der Waals surface area contributed by atoms with E-state index in [1.807, 2.05) is 6.92 Å². The number of hydrogen-bond acceptors (Lipinski definition) is 4. The Bertz CT molecular complexity index is 389. The van der Waals surface area contributed by atoms with Crippen LogP contribution in [0, 0.1) is 0 Å². The minimum absolute atomic E-state index is 0.290. The molecule has 0 aliphatic rings. The first-order valence-corrected chi connectivity index (χ1v) is 5.78. The van der Waals surface area contributed by atoms with Crippen LogP contribution in [0.5, 0.6) is 0 Å². The lowest BCUT2D eigenvalue weighted by Crippen LogP contribution is -2.31. The summed E-state index contributed by atoms with van der Waals surface area (Å²) in [6, 6.07) is 0. The van der Waals surface area contributed by atoms with E-state index in [1.54, 1.807) is 0 Å². The third-order valence-electron chi connectivity index (χ3n) is 1.95. The molecule has 0 saturated heterocycles. The highest BCUT2D eigenvalue weighted by molar-refractivity contribution is 7.13. The number of carbonyl (C=O) groups is 2. The molecule has 1 aromatic rings. The largest absolute Gasteiger partial charge is 0.480 e. The minimum atomic E-state index is -1.02. The van der Waals surface area contributed by atoms with Gasteiger partial charge in [0.15, 0.2) is 0 Å². The van der Waals surface area contributed by atoms with Gasteiger partial charge >= 0.3 is 5.97 Å². The molecule has 16 heavy (non-hydrogen) atoms. The average Bonchev–Trinajstić information content (AvgIpc) is 2.64. The van der Waals surface area contributed by atoms with Crippen molar-refractivity contribution < 1.29 is 14.7 Å². The summed E-state index contributed by atoms with van der Waals surface area (Å²) < 4.78 is 0. The molecule has 0 radical (unpaired) electrons. The second-order valence-corrected chi connectivity index (χ2v) is 4.54. The van der Waals surface area contributed by atoms with Crippen molar-refractivity contribution in [3.05, 3.63) is 16.1 Å². The predicted octanol–water partition coefficient (Wildman–Crippen LogP) is 1.25. The van der Waals surface area contributed by atoms with Gasteiger partial charge in [-0.05, 0) is 12.8 Å². The Morgan fingerprint density at radius 1 is 1.56 bits per heavy atom. The van der Waals surface area contributed by atoms with Gasteiger partial charge in [0.05, 0.1) is 11.2 Å². The number of amides is 1. The lowest BCUT2D eigenvalue weighted by molar-refractivity contribution is -0.137. The van der Waals surface area contributed by atoms with Gasteiger partial charge in [-0.1, -0.05) is 6.92 Å². The number of nitrogens with zero attached hydrogens (tertiary/aromatic N) is 2. The standard InChI is InChI=1S/C10H14N2O3S/c1-3-4-8-11-5-7(16-8)10(15)12(2)6-9(13)14/h5H,3-4,6H2,1-2H3,(H,13,14). The predicted molar refractivity (Wildman–Crippen MR) is 60.7 cm³/mol. The number of carboxylic acid groups (broad SMARTS) is 1. The van der Waals surface area contributed by atoms with Crippen molar-refractivity contribution in [2.75, 3.05) is 13.6 Å². The van der Waals surface area contributed by atoms with Crippen LogP contribution in [0.3, 0.4) is 0 Å². The number of aryl methyl sites for hydroxylation is 1. The Kier molecular flexibility index (Phi) is 4.42. The molecule has 0 aliphatic heterocycles. The van der Waals surface area contributed by atoms with E-state index in [2.05, 4.69) is 4.98 Å². The first-order chi connectivity index (χ1) is 7.54. The van der Waals surface area contributed by atoms with Crippen LogP contribution in [0.15, 0.2) is 6.20 Å². The van der Waals surface area contributed by atoms with Crippen molar-refractivity contribution in [3.8, 4) is 0 Å². The van der Waals surface area contributed by atoms with Crippen LogP contribution in [-0.4, -0.2) is 40.5 Å². The number of carboxylic acids is 1. The summed E-state index contributed by atoms with van der Waals surface area (Å²) in [5.74, 6) is -1.31.